The van der Waals surface area contributed by atoms with Gasteiger partial charge in [0.25, 0.3) is 0 Å². The summed E-state index contributed by atoms with van der Waals surface area (Å²) in [6.07, 6.45) is 11.7. The topological polar surface area (TPSA) is 52.6 Å². The van der Waals surface area contributed by atoms with Crippen LogP contribution in [0.4, 0.5) is 0 Å². The third-order valence-electron chi connectivity index (χ3n) is 3.93. The molecule has 4 nitrogen and oxygen atoms in total. The molecular formula is C18H28O4. The zero-order valence-corrected chi connectivity index (χ0v) is 13.6. The van der Waals surface area contributed by atoms with Crippen molar-refractivity contribution in [3.05, 3.63) is 24.8 Å². The van der Waals surface area contributed by atoms with Crippen LogP contribution in [0.15, 0.2) is 24.8 Å². The number of hydrogen-bond acceptors (Lipinski definition) is 4. The molecule has 0 radical (unpaired) electrons. The van der Waals surface area contributed by atoms with E-state index in [0.29, 0.717) is 5.57 Å². The van der Waals surface area contributed by atoms with Gasteiger partial charge in [0.2, 0.25) is 0 Å². The molecule has 22 heavy (non-hydrogen) atoms. The summed E-state index contributed by atoms with van der Waals surface area (Å²) in [5.74, 6) is -0.520. The molecule has 0 aromatic carbocycles. The van der Waals surface area contributed by atoms with Gasteiger partial charge in [-0.2, -0.15) is 0 Å². The Kier molecular flexibility index (Phi) is 8.56. The van der Waals surface area contributed by atoms with Crippen LogP contribution in [0.2, 0.25) is 0 Å². The van der Waals surface area contributed by atoms with Crippen molar-refractivity contribution in [2.24, 2.45) is 0 Å². The van der Waals surface area contributed by atoms with Crippen LogP contribution in [0, 0.1) is 0 Å². The van der Waals surface area contributed by atoms with Crippen molar-refractivity contribution in [3.8, 4) is 0 Å². The van der Waals surface area contributed by atoms with Gasteiger partial charge in [-0.25, -0.2) is 9.59 Å². The molecule has 0 saturated heterocycles. The molecule has 0 amide bonds. The van der Waals surface area contributed by atoms with Crippen molar-refractivity contribution in [3.63, 3.8) is 0 Å². The van der Waals surface area contributed by atoms with Crippen molar-refractivity contribution in [1.82, 2.24) is 0 Å². The van der Waals surface area contributed by atoms with E-state index in [1.165, 1.54) is 38.2 Å². The lowest BCUT2D eigenvalue weighted by Crippen LogP contribution is -2.20. The first-order chi connectivity index (χ1) is 10.5. The first-order valence-electron chi connectivity index (χ1n) is 8.22. The Morgan fingerprint density at radius 1 is 0.909 bits per heavy atom. The predicted molar refractivity (Wildman–Crippen MR) is 86.3 cm³/mol. The van der Waals surface area contributed by atoms with Crippen LogP contribution in [0.25, 0.3) is 0 Å². The van der Waals surface area contributed by atoms with Crippen LogP contribution in [-0.4, -0.2) is 24.1 Å². The minimum atomic E-state index is -0.285. The average Bonchev–Trinajstić information content (AvgIpc) is 3.01. The molecular weight excluding hydrogens is 280 g/mol. The highest BCUT2D eigenvalue weighted by molar-refractivity contribution is 5.87. The highest BCUT2D eigenvalue weighted by Crippen LogP contribution is 2.21. The molecule has 2 rings (SSSR count). The van der Waals surface area contributed by atoms with Crippen LogP contribution in [0.5, 0.6) is 0 Å². The van der Waals surface area contributed by atoms with E-state index in [1.807, 2.05) is 0 Å². The molecule has 0 heterocycles. The Bertz CT molecular complexity index is 388. The summed E-state index contributed by atoms with van der Waals surface area (Å²) in [6.45, 7) is 8.56. The van der Waals surface area contributed by atoms with E-state index in [1.54, 1.807) is 6.92 Å². The monoisotopic (exact) mass is 308 g/mol. The summed E-state index contributed by atoms with van der Waals surface area (Å²) in [4.78, 5) is 21.7. The van der Waals surface area contributed by atoms with Gasteiger partial charge in [0.1, 0.15) is 12.2 Å². The highest BCUT2D eigenvalue weighted by atomic mass is 16.5. The molecule has 0 N–H and O–H groups in total. The summed E-state index contributed by atoms with van der Waals surface area (Å²) >= 11 is 0. The third-order valence-corrected chi connectivity index (χ3v) is 3.93. The fourth-order valence-corrected chi connectivity index (χ4v) is 2.65. The first kappa shape index (κ1) is 18.5. The first-order valence-corrected chi connectivity index (χ1v) is 8.22. The highest BCUT2D eigenvalue weighted by Gasteiger charge is 2.18. The normalized spacial score (nSPS) is 18.8. The van der Waals surface area contributed by atoms with E-state index in [0.717, 1.165) is 25.7 Å². The Morgan fingerprint density at radius 3 is 1.82 bits per heavy atom. The molecule has 2 aliphatic carbocycles. The molecule has 4 heteroatoms. The molecule has 0 spiro atoms. The van der Waals surface area contributed by atoms with Gasteiger partial charge in [0, 0.05) is 11.6 Å². The van der Waals surface area contributed by atoms with Crippen molar-refractivity contribution < 1.29 is 19.1 Å². The lowest BCUT2D eigenvalue weighted by Gasteiger charge is -2.21. The van der Waals surface area contributed by atoms with Gasteiger partial charge in [0.05, 0.1) is 0 Å². The summed E-state index contributed by atoms with van der Waals surface area (Å²) < 4.78 is 10.2. The largest absolute Gasteiger partial charge is 0.459 e. The Hall–Kier alpha value is -1.58. The molecule has 0 bridgehead atoms. The molecule has 2 aliphatic rings. The van der Waals surface area contributed by atoms with E-state index < -0.39 is 0 Å². The third kappa shape index (κ3) is 7.43. The molecule has 2 fully saturated rings. The van der Waals surface area contributed by atoms with Gasteiger partial charge >= 0.3 is 11.9 Å². The molecule has 2 saturated carbocycles. The summed E-state index contributed by atoms with van der Waals surface area (Å²) in [5, 5.41) is 0. The van der Waals surface area contributed by atoms with Crippen LogP contribution in [0.3, 0.4) is 0 Å². The maximum atomic E-state index is 11.1. The van der Waals surface area contributed by atoms with Crippen LogP contribution >= 0.6 is 0 Å². The molecule has 0 aromatic heterocycles. The lowest BCUT2D eigenvalue weighted by molar-refractivity contribution is -0.145. The van der Waals surface area contributed by atoms with E-state index in [9.17, 15) is 9.59 Å². The number of hydrogen-bond donors (Lipinski definition) is 0. The van der Waals surface area contributed by atoms with Crippen LogP contribution < -0.4 is 0 Å². The van der Waals surface area contributed by atoms with Gasteiger partial charge < -0.3 is 9.47 Å². The van der Waals surface area contributed by atoms with Gasteiger partial charge in [-0.3, -0.25) is 0 Å². The van der Waals surface area contributed by atoms with Crippen molar-refractivity contribution in [2.75, 3.05) is 0 Å². The zero-order chi connectivity index (χ0) is 16.4. The van der Waals surface area contributed by atoms with Crippen molar-refractivity contribution in [1.29, 1.82) is 0 Å². The van der Waals surface area contributed by atoms with E-state index in [-0.39, 0.29) is 24.1 Å². The van der Waals surface area contributed by atoms with Gasteiger partial charge in [-0.05, 0) is 58.3 Å². The van der Waals surface area contributed by atoms with Crippen molar-refractivity contribution >= 4 is 11.9 Å². The van der Waals surface area contributed by atoms with Crippen molar-refractivity contribution in [2.45, 2.75) is 76.9 Å². The SMILES string of the molecule is C=C(C)C(=O)OC1CCCCC1.C=CC(=O)OC1CCCC1. The van der Waals surface area contributed by atoms with Gasteiger partial charge in [0.15, 0.2) is 0 Å². The molecule has 0 aliphatic heterocycles. The number of esters is 2. The second-order valence-corrected chi connectivity index (χ2v) is 5.99. The fraction of sp³-hybridized carbons (Fsp3) is 0.667. The quantitative estimate of drug-likeness (QED) is 0.579. The standard InChI is InChI=1S/C10H16O2.C8H12O2/c1-8(2)10(11)12-9-6-4-3-5-7-9;1-2-8(9)10-7-5-3-4-6-7/h9H,1,3-7H2,2H3;2,7H,1,3-6H2. The molecule has 0 unspecified atom stereocenters. The number of carbonyl (C=O) groups excluding carboxylic acids is 2. The smallest absolute Gasteiger partial charge is 0.333 e. The Labute approximate surface area is 133 Å². The summed E-state index contributed by atoms with van der Waals surface area (Å²) in [7, 11) is 0. The summed E-state index contributed by atoms with van der Waals surface area (Å²) in [6, 6.07) is 0. The summed E-state index contributed by atoms with van der Waals surface area (Å²) in [5.41, 5.74) is 0.501. The predicted octanol–water partition coefficient (Wildman–Crippen LogP) is 4.10. The molecule has 124 valence electrons. The van der Waals surface area contributed by atoms with Crippen LogP contribution in [0.1, 0.15) is 64.7 Å². The number of rotatable bonds is 4. The van der Waals surface area contributed by atoms with Gasteiger partial charge in [-0.1, -0.05) is 19.6 Å². The van der Waals surface area contributed by atoms with Gasteiger partial charge in [-0.15, -0.1) is 0 Å². The minimum absolute atomic E-state index is 0.156. The molecule has 0 aromatic rings. The Balaban J connectivity index is 0.000000224. The molecule has 0 atom stereocenters. The minimum Gasteiger partial charge on any atom is -0.459 e. The number of carbonyl (C=O) groups is 2. The van der Waals surface area contributed by atoms with Crippen LogP contribution in [-0.2, 0) is 19.1 Å². The maximum absolute atomic E-state index is 11.1. The van der Waals surface area contributed by atoms with E-state index in [4.69, 9.17) is 9.47 Å². The lowest BCUT2D eigenvalue weighted by atomic mass is 9.98. The fourth-order valence-electron chi connectivity index (χ4n) is 2.65. The maximum Gasteiger partial charge on any atom is 0.333 e. The average molecular weight is 308 g/mol. The zero-order valence-electron chi connectivity index (χ0n) is 13.6. The van der Waals surface area contributed by atoms with E-state index >= 15 is 0 Å². The Morgan fingerprint density at radius 2 is 1.36 bits per heavy atom. The van der Waals surface area contributed by atoms with E-state index in [2.05, 4.69) is 13.2 Å². The second-order valence-electron chi connectivity index (χ2n) is 5.99. The second kappa shape index (κ2) is 10.2. The number of ether oxygens (including phenoxy) is 2.